The minimum atomic E-state index is -1.87. The molecule has 0 aliphatic rings. The Balaban J connectivity index is 1.97. The number of rotatable bonds is 10. The Kier molecular flexibility index (Phi) is 8.83. The molecule has 3 rings (SSSR count). The highest BCUT2D eigenvalue weighted by Crippen LogP contribution is 2.31. The summed E-state index contributed by atoms with van der Waals surface area (Å²) in [6, 6.07) is 9.89. The minimum Gasteiger partial charge on any atom is -0.497 e. The van der Waals surface area contributed by atoms with Gasteiger partial charge in [0.05, 0.1) is 25.7 Å². The molecule has 4 unspecified atom stereocenters. The highest BCUT2D eigenvalue weighted by molar-refractivity contribution is 6.30. The second kappa shape index (κ2) is 11.6. The van der Waals surface area contributed by atoms with Crippen LogP contribution in [0.15, 0.2) is 42.5 Å². The lowest BCUT2D eigenvalue weighted by molar-refractivity contribution is -0.130. The maximum atomic E-state index is 13.4. The molecule has 36 heavy (non-hydrogen) atoms. The third kappa shape index (κ3) is 5.58. The van der Waals surface area contributed by atoms with Gasteiger partial charge in [-0.1, -0.05) is 11.6 Å². The van der Waals surface area contributed by atoms with Gasteiger partial charge in [-0.25, -0.2) is 0 Å². The molecular formula is C25H27ClN2O8. The molecule has 0 saturated carbocycles. The molecule has 2 aromatic carbocycles. The molecule has 192 valence electrons. The van der Waals surface area contributed by atoms with Crippen molar-refractivity contribution in [3.8, 4) is 5.75 Å². The maximum absolute atomic E-state index is 13.4. The summed E-state index contributed by atoms with van der Waals surface area (Å²) >= 11 is 5.94. The van der Waals surface area contributed by atoms with E-state index in [1.807, 2.05) is 0 Å². The van der Waals surface area contributed by atoms with E-state index in [1.165, 1.54) is 11.7 Å². The highest BCUT2D eigenvalue weighted by Gasteiger charge is 2.32. The SMILES string of the molecule is COc1ccc2c(c1)c(CC(=O)NC(C=O)C(O)C(O)C(O)CO)c(C)n2C(=O)c1ccc(Cl)cc1. The molecule has 1 heterocycles. The predicted octanol–water partition coefficient (Wildman–Crippen LogP) is 0.601. The number of halogens is 1. The molecule has 0 fully saturated rings. The first-order valence-electron chi connectivity index (χ1n) is 11.0. The summed E-state index contributed by atoms with van der Waals surface area (Å²) in [5.74, 6) is -0.517. The third-order valence-corrected chi connectivity index (χ3v) is 6.20. The molecular weight excluding hydrogens is 492 g/mol. The molecule has 0 spiro atoms. The molecule has 1 amide bonds. The number of ether oxygens (including phenoxy) is 1. The first-order chi connectivity index (χ1) is 17.1. The Hall–Kier alpha value is -3.28. The van der Waals surface area contributed by atoms with Gasteiger partial charge in [-0.2, -0.15) is 0 Å². The summed E-state index contributed by atoms with van der Waals surface area (Å²) in [6.07, 6.45) is -5.48. The maximum Gasteiger partial charge on any atom is 0.262 e. The van der Waals surface area contributed by atoms with E-state index < -0.39 is 36.9 Å². The fourth-order valence-corrected chi connectivity index (χ4v) is 4.07. The number of nitrogens with one attached hydrogen (secondary N) is 1. The summed E-state index contributed by atoms with van der Waals surface area (Å²) < 4.78 is 6.77. The van der Waals surface area contributed by atoms with E-state index in [9.17, 15) is 29.7 Å². The number of nitrogens with zero attached hydrogens (tertiary/aromatic N) is 1. The molecule has 4 atom stereocenters. The Morgan fingerprint density at radius 2 is 1.78 bits per heavy atom. The van der Waals surface area contributed by atoms with Gasteiger partial charge in [0.15, 0.2) is 0 Å². The molecule has 5 N–H and O–H groups in total. The number of aliphatic hydroxyl groups excluding tert-OH is 4. The number of hydrogen-bond acceptors (Lipinski definition) is 8. The van der Waals surface area contributed by atoms with Gasteiger partial charge in [0, 0.05) is 21.7 Å². The minimum absolute atomic E-state index is 0.221. The van der Waals surface area contributed by atoms with Gasteiger partial charge in [0.1, 0.15) is 36.4 Å². The largest absolute Gasteiger partial charge is 0.497 e. The fourth-order valence-electron chi connectivity index (χ4n) is 3.94. The second-order valence-corrected chi connectivity index (χ2v) is 8.67. The molecule has 0 radical (unpaired) electrons. The Bertz CT molecular complexity index is 1260. The van der Waals surface area contributed by atoms with E-state index in [1.54, 1.807) is 49.4 Å². The van der Waals surface area contributed by atoms with E-state index in [2.05, 4.69) is 5.32 Å². The number of hydrogen-bond donors (Lipinski definition) is 5. The van der Waals surface area contributed by atoms with Gasteiger partial charge in [0.2, 0.25) is 5.91 Å². The molecule has 0 aliphatic heterocycles. The molecule has 11 heteroatoms. The molecule has 0 saturated heterocycles. The quantitative estimate of drug-likeness (QED) is 0.244. The zero-order valence-electron chi connectivity index (χ0n) is 19.6. The van der Waals surface area contributed by atoms with Crippen LogP contribution in [-0.2, 0) is 16.0 Å². The number of aliphatic hydroxyl groups is 4. The first kappa shape index (κ1) is 27.3. The van der Waals surface area contributed by atoms with Gasteiger partial charge in [-0.3, -0.25) is 14.2 Å². The summed E-state index contributed by atoms with van der Waals surface area (Å²) in [4.78, 5) is 37.7. The first-order valence-corrected chi connectivity index (χ1v) is 11.4. The average Bonchev–Trinajstić information content (AvgIpc) is 3.15. The Labute approximate surface area is 211 Å². The lowest BCUT2D eigenvalue weighted by atomic mass is 10.0. The van der Waals surface area contributed by atoms with Gasteiger partial charge < -0.3 is 35.3 Å². The van der Waals surface area contributed by atoms with Crippen molar-refractivity contribution in [2.24, 2.45) is 0 Å². The number of aldehydes is 1. The van der Waals surface area contributed by atoms with Crippen molar-refractivity contribution < 1.29 is 39.5 Å². The molecule has 0 aliphatic carbocycles. The topological polar surface area (TPSA) is 158 Å². The van der Waals surface area contributed by atoms with Crippen LogP contribution >= 0.6 is 11.6 Å². The van der Waals surface area contributed by atoms with E-state index in [0.29, 0.717) is 38.5 Å². The van der Waals surface area contributed by atoms with E-state index >= 15 is 0 Å². The van der Waals surface area contributed by atoms with Crippen molar-refractivity contribution in [2.75, 3.05) is 13.7 Å². The number of fused-ring (bicyclic) bond motifs is 1. The van der Waals surface area contributed by atoms with Gasteiger partial charge in [-0.15, -0.1) is 0 Å². The number of carbonyl (C=O) groups is 3. The van der Waals surface area contributed by atoms with Crippen molar-refractivity contribution >= 4 is 40.6 Å². The fraction of sp³-hybridized carbons (Fsp3) is 0.320. The summed E-state index contributed by atoms with van der Waals surface area (Å²) in [7, 11) is 1.48. The van der Waals surface area contributed by atoms with Gasteiger partial charge in [-0.05, 0) is 55.0 Å². The normalized spacial score (nSPS) is 14.6. The number of carbonyl (C=O) groups excluding carboxylic acids is 3. The lowest BCUT2D eigenvalue weighted by Gasteiger charge is -2.26. The van der Waals surface area contributed by atoms with Crippen LogP contribution in [0.1, 0.15) is 21.6 Å². The van der Waals surface area contributed by atoms with Gasteiger partial charge >= 0.3 is 0 Å². The molecule has 3 aromatic rings. The molecule has 1 aromatic heterocycles. The number of aromatic nitrogens is 1. The lowest BCUT2D eigenvalue weighted by Crippen LogP contribution is -2.53. The molecule has 0 bridgehead atoms. The number of benzene rings is 2. The highest BCUT2D eigenvalue weighted by atomic mass is 35.5. The van der Waals surface area contributed by atoms with Crippen molar-refractivity contribution in [2.45, 2.75) is 37.7 Å². The van der Waals surface area contributed by atoms with Crippen molar-refractivity contribution in [1.29, 1.82) is 0 Å². The smallest absolute Gasteiger partial charge is 0.262 e. The number of methoxy groups -OCH3 is 1. The summed E-state index contributed by atoms with van der Waals surface area (Å²) in [5, 5.41) is 41.9. The molecule has 10 nitrogen and oxygen atoms in total. The number of amides is 1. The zero-order chi connectivity index (χ0) is 26.6. The van der Waals surface area contributed by atoms with E-state index in [-0.39, 0.29) is 18.6 Å². The standard InChI is InChI=1S/C25H27ClN2O8/c1-13-17(10-22(32)27-19(11-29)23(33)24(34)21(31)12-30)18-9-16(36-2)7-8-20(18)28(13)25(35)14-3-5-15(26)6-4-14/h3-9,11,19,21,23-24,30-31,33-34H,10,12H2,1-2H3,(H,27,32). The van der Waals surface area contributed by atoms with E-state index in [0.717, 1.165) is 0 Å². The average molecular weight is 519 g/mol. The predicted molar refractivity (Wildman–Crippen MR) is 131 cm³/mol. The van der Waals surface area contributed by atoms with Crippen molar-refractivity contribution in [1.82, 2.24) is 9.88 Å². The van der Waals surface area contributed by atoms with Crippen LogP contribution in [0.3, 0.4) is 0 Å². The Morgan fingerprint density at radius 1 is 1.11 bits per heavy atom. The van der Waals surface area contributed by atoms with Crippen molar-refractivity contribution in [3.63, 3.8) is 0 Å². The summed E-state index contributed by atoms with van der Waals surface area (Å²) in [6.45, 7) is 0.830. The monoisotopic (exact) mass is 518 g/mol. The van der Waals surface area contributed by atoms with Crippen LogP contribution in [-0.4, -0.2) is 81.2 Å². The van der Waals surface area contributed by atoms with Crippen molar-refractivity contribution in [3.05, 3.63) is 64.3 Å². The van der Waals surface area contributed by atoms with Crippen LogP contribution in [0.4, 0.5) is 0 Å². The van der Waals surface area contributed by atoms with Crippen LogP contribution in [0, 0.1) is 6.92 Å². The van der Waals surface area contributed by atoms with Crippen LogP contribution in [0.25, 0.3) is 10.9 Å². The zero-order valence-corrected chi connectivity index (χ0v) is 20.3. The van der Waals surface area contributed by atoms with E-state index in [4.69, 9.17) is 21.4 Å². The van der Waals surface area contributed by atoms with Crippen LogP contribution in [0.2, 0.25) is 5.02 Å². The van der Waals surface area contributed by atoms with Gasteiger partial charge in [0.25, 0.3) is 5.91 Å². The van der Waals surface area contributed by atoms with Crippen LogP contribution < -0.4 is 10.1 Å². The third-order valence-electron chi connectivity index (χ3n) is 5.95. The summed E-state index contributed by atoms with van der Waals surface area (Å²) in [5.41, 5.74) is 1.88. The van der Waals surface area contributed by atoms with Crippen LogP contribution in [0.5, 0.6) is 5.75 Å². The second-order valence-electron chi connectivity index (χ2n) is 8.23. The Morgan fingerprint density at radius 3 is 2.36 bits per heavy atom.